The van der Waals surface area contributed by atoms with E-state index in [4.69, 9.17) is 4.74 Å². The lowest BCUT2D eigenvalue weighted by molar-refractivity contribution is -0.134. The predicted molar refractivity (Wildman–Crippen MR) is 103 cm³/mol. The van der Waals surface area contributed by atoms with Crippen molar-refractivity contribution in [2.45, 2.75) is 18.9 Å². The number of carbonyl (C=O) groups excluding carboxylic acids is 2. The number of ether oxygens (including phenoxy) is 1. The number of para-hydroxylation sites is 1. The summed E-state index contributed by atoms with van der Waals surface area (Å²) in [5.41, 5.74) is 0.642. The van der Waals surface area contributed by atoms with Crippen LogP contribution in [0, 0.1) is 0 Å². The molecule has 26 heavy (non-hydrogen) atoms. The van der Waals surface area contributed by atoms with Gasteiger partial charge in [-0.25, -0.2) is 0 Å². The molecule has 1 saturated heterocycles. The standard InChI is InChI=1S/C20H21BrN2O3/c21-16-8-6-15(7-9-16)20(25)22-17-10-12-23(13-11-17)19(24)14-26-18-4-2-1-3-5-18/h1-9,17H,10-14H2,(H,22,25). The van der Waals surface area contributed by atoms with Gasteiger partial charge in [0.05, 0.1) is 0 Å². The summed E-state index contributed by atoms with van der Waals surface area (Å²) in [6, 6.07) is 16.7. The number of rotatable bonds is 5. The zero-order chi connectivity index (χ0) is 18.4. The Bertz CT molecular complexity index is 741. The van der Waals surface area contributed by atoms with Gasteiger partial charge in [0.2, 0.25) is 0 Å². The van der Waals surface area contributed by atoms with Crippen molar-refractivity contribution in [2.75, 3.05) is 19.7 Å². The summed E-state index contributed by atoms with van der Waals surface area (Å²) in [7, 11) is 0. The summed E-state index contributed by atoms with van der Waals surface area (Å²) in [4.78, 5) is 26.3. The number of carbonyl (C=O) groups is 2. The van der Waals surface area contributed by atoms with Crippen LogP contribution in [0.4, 0.5) is 0 Å². The number of benzene rings is 2. The molecule has 0 bridgehead atoms. The highest BCUT2D eigenvalue weighted by atomic mass is 79.9. The fourth-order valence-electron chi connectivity index (χ4n) is 2.90. The maximum Gasteiger partial charge on any atom is 0.260 e. The van der Waals surface area contributed by atoms with Gasteiger partial charge in [0.15, 0.2) is 6.61 Å². The fourth-order valence-corrected chi connectivity index (χ4v) is 3.16. The molecule has 0 saturated carbocycles. The number of nitrogens with zero attached hydrogens (tertiary/aromatic N) is 1. The Hall–Kier alpha value is -2.34. The van der Waals surface area contributed by atoms with E-state index in [-0.39, 0.29) is 24.5 Å². The van der Waals surface area contributed by atoms with Gasteiger partial charge < -0.3 is 15.0 Å². The second kappa shape index (κ2) is 8.85. The second-order valence-corrected chi connectivity index (χ2v) is 7.15. The van der Waals surface area contributed by atoms with E-state index in [1.807, 2.05) is 42.5 Å². The van der Waals surface area contributed by atoms with Gasteiger partial charge in [-0.2, -0.15) is 0 Å². The molecule has 136 valence electrons. The number of piperidine rings is 1. The molecule has 1 N–H and O–H groups in total. The minimum Gasteiger partial charge on any atom is -0.484 e. The second-order valence-electron chi connectivity index (χ2n) is 6.24. The van der Waals surface area contributed by atoms with Crippen molar-refractivity contribution in [1.82, 2.24) is 10.2 Å². The normalized spacial score (nSPS) is 14.7. The van der Waals surface area contributed by atoms with Crippen molar-refractivity contribution >= 4 is 27.7 Å². The van der Waals surface area contributed by atoms with Gasteiger partial charge in [-0.1, -0.05) is 34.1 Å². The number of likely N-dealkylation sites (tertiary alicyclic amines) is 1. The Morgan fingerprint density at radius 3 is 2.35 bits per heavy atom. The molecule has 0 radical (unpaired) electrons. The molecule has 5 nitrogen and oxygen atoms in total. The maximum atomic E-state index is 12.3. The van der Waals surface area contributed by atoms with Crippen LogP contribution in [0.2, 0.25) is 0 Å². The lowest BCUT2D eigenvalue weighted by Gasteiger charge is -2.32. The molecule has 0 aliphatic carbocycles. The molecular formula is C20H21BrN2O3. The Kier molecular flexibility index (Phi) is 6.28. The lowest BCUT2D eigenvalue weighted by atomic mass is 10.0. The molecule has 6 heteroatoms. The van der Waals surface area contributed by atoms with E-state index in [0.717, 1.165) is 17.3 Å². The van der Waals surface area contributed by atoms with Crippen LogP contribution < -0.4 is 10.1 Å². The maximum absolute atomic E-state index is 12.3. The summed E-state index contributed by atoms with van der Waals surface area (Å²) in [6.07, 6.45) is 1.50. The van der Waals surface area contributed by atoms with Crippen LogP contribution in [0.1, 0.15) is 23.2 Å². The fraction of sp³-hybridized carbons (Fsp3) is 0.300. The molecule has 2 aromatic carbocycles. The highest BCUT2D eigenvalue weighted by Gasteiger charge is 2.24. The molecule has 0 aromatic heterocycles. The average molecular weight is 417 g/mol. The molecular weight excluding hydrogens is 396 g/mol. The molecule has 2 amide bonds. The van der Waals surface area contributed by atoms with E-state index >= 15 is 0 Å². The van der Waals surface area contributed by atoms with Crippen molar-refractivity contribution in [1.29, 1.82) is 0 Å². The number of hydrogen-bond donors (Lipinski definition) is 1. The molecule has 0 spiro atoms. The summed E-state index contributed by atoms with van der Waals surface area (Å²) >= 11 is 3.36. The van der Waals surface area contributed by atoms with Crippen molar-refractivity contribution < 1.29 is 14.3 Å². The van der Waals surface area contributed by atoms with Gasteiger partial charge in [0.25, 0.3) is 11.8 Å². The van der Waals surface area contributed by atoms with Crippen LogP contribution in [0.15, 0.2) is 59.1 Å². The minimum absolute atomic E-state index is 0.0217. The van der Waals surface area contributed by atoms with Gasteiger partial charge in [-0.05, 0) is 49.2 Å². The first-order chi connectivity index (χ1) is 12.6. The first-order valence-corrected chi connectivity index (χ1v) is 9.43. The predicted octanol–water partition coefficient (Wildman–Crippen LogP) is 3.25. The van der Waals surface area contributed by atoms with Crippen LogP contribution >= 0.6 is 15.9 Å². The van der Waals surface area contributed by atoms with E-state index in [1.165, 1.54) is 0 Å². The summed E-state index contributed by atoms with van der Waals surface area (Å²) in [5, 5.41) is 3.05. The smallest absolute Gasteiger partial charge is 0.260 e. The van der Waals surface area contributed by atoms with E-state index in [0.29, 0.717) is 24.4 Å². The van der Waals surface area contributed by atoms with Gasteiger partial charge in [0.1, 0.15) is 5.75 Å². The van der Waals surface area contributed by atoms with Crippen molar-refractivity contribution in [2.24, 2.45) is 0 Å². The first kappa shape index (κ1) is 18.5. The molecule has 1 fully saturated rings. The summed E-state index contributed by atoms with van der Waals surface area (Å²) in [5.74, 6) is 0.596. The zero-order valence-corrected chi connectivity index (χ0v) is 15.9. The van der Waals surface area contributed by atoms with Crippen LogP contribution in [0.5, 0.6) is 5.75 Å². The number of nitrogens with one attached hydrogen (secondary N) is 1. The molecule has 1 aliphatic heterocycles. The number of hydrogen-bond acceptors (Lipinski definition) is 3. The first-order valence-electron chi connectivity index (χ1n) is 8.64. The number of halogens is 1. The van der Waals surface area contributed by atoms with Gasteiger partial charge in [-0.15, -0.1) is 0 Å². The Balaban J connectivity index is 1.42. The van der Waals surface area contributed by atoms with E-state index in [9.17, 15) is 9.59 Å². The van der Waals surface area contributed by atoms with Crippen LogP contribution in [0.25, 0.3) is 0 Å². The molecule has 0 atom stereocenters. The van der Waals surface area contributed by atoms with E-state index in [2.05, 4.69) is 21.2 Å². The topological polar surface area (TPSA) is 58.6 Å². The monoisotopic (exact) mass is 416 g/mol. The summed E-state index contributed by atoms with van der Waals surface area (Å²) in [6.45, 7) is 1.30. The molecule has 0 unspecified atom stereocenters. The third-order valence-corrected chi connectivity index (χ3v) is 4.92. The lowest BCUT2D eigenvalue weighted by Crippen LogP contribution is -2.47. The van der Waals surface area contributed by atoms with Crippen LogP contribution in [0.3, 0.4) is 0 Å². The summed E-state index contributed by atoms with van der Waals surface area (Å²) < 4.78 is 6.46. The van der Waals surface area contributed by atoms with E-state index in [1.54, 1.807) is 17.0 Å². The van der Waals surface area contributed by atoms with Gasteiger partial charge in [0, 0.05) is 29.2 Å². The molecule has 1 heterocycles. The third kappa shape index (κ3) is 5.08. The Labute approximate surface area is 161 Å². The van der Waals surface area contributed by atoms with Crippen LogP contribution in [-0.4, -0.2) is 42.5 Å². The SMILES string of the molecule is O=C(NC1CCN(C(=O)COc2ccccc2)CC1)c1ccc(Br)cc1. The van der Waals surface area contributed by atoms with E-state index < -0.39 is 0 Å². The van der Waals surface area contributed by atoms with Gasteiger partial charge in [-0.3, -0.25) is 9.59 Å². The van der Waals surface area contributed by atoms with Crippen molar-refractivity contribution in [3.05, 3.63) is 64.6 Å². The number of amides is 2. The largest absolute Gasteiger partial charge is 0.484 e. The van der Waals surface area contributed by atoms with Crippen molar-refractivity contribution in [3.8, 4) is 5.75 Å². The van der Waals surface area contributed by atoms with Crippen molar-refractivity contribution in [3.63, 3.8) is 0 Å². The average Bonchev–Trinajstić information content (AvgIpc) is 2.68. The quantitative estimate of drug-likeness (QED) is 0.813. The highest BCUT2D eigenvalue weighted by Crippen LogP contribution is 2.14. The Morgan fingerprint density at radius 2 is 1.69 bits per heavy atom. The minimum atomic E-state index is -0.0744. The van der Waals surface area contributed by atoms with Gasteiger partial charge >= 0.3 is 0 Å². The molecule has 3 rings (SSSR count). The van der Waals surface area contributed by atoms with Crippen LogP contribution in [-0.2, 0) is 4.79 Å². The zero-order valence-electron chi connectivity index (χ0n) is 14.4. The molecule has 2 aromatic rings. The third-order valence-electron chi connectivity index (χ3n) is 4.39. The molecule has 1 aliphatic rings. The Morgan fingerprint density at radius 1 is 1.04 bits per heavy atom. The highest BCUT2D eigenvalue weighted by molar-refractivity contribution is 9.10.